The van der Waals surface area contributed by atoms with Crippen LogP contribution < -0.4 is 10.1 Å². The third kappa shape index (κ3) is 4.71. The summed E-state index contributed by atoms with van der Waals surface area (Å²) >= 11 is 0. The van der Waals surface area contributed by atoms with Crippen LogP contribution in [0.3, 0.4) is 0 Å². The molecule has 0 atom stereocenters. The van der Waals surface area contributed by atoms with Crippen LogP contribution in [0.15, 0.2) is 24.3 Å². The van der Waals surface area contributed by atoms with Crippen molar-refractivity contribution in [2.45, 2.75) is 25.8 Å². The quantitative estimate of drug-likeness (QED) is 0.809. The number of carbonyl (C=O) groups is 1. The minimum absolute atomic E-state index is 0.0124. The number of aliphatic hydroxyl groups is 1. The second-order valence-electron chi connectivity index (χ2n) is 4.62. The summed E-state index contributed by atoms with van der Waals surface area (Å²) in [6, 6.07) is 5.91. The van der Waals surface area contributed by atoms with E-state index in [4.69, 9.17) is 9.84 Å². The van der Waals surface area contributed by atoms with Crippen LogP contribution in [0, 0.1) is 5.82 Å². The van der Waals surface area contributed by atoms with Crippen molar-refractivity contribution in [1.82, 2.24) is 5.32 Å². The largest absolute Gasteiger partial charge is 0.481 e. The van der Waals surface area contributed by atoms with Gasteiger partial charge in [-0.25, -0.2) is 4.39 Å². The molecule has 2 N–H and O–H groups in total. The summed E-state index contributed by atoms with van der Waals surface area (Å²) in [5, 5.41) is 11.5. The molecule has 0 aliphatic heterocycles. The van der Waals surface area contributed by atoms with Crippen molar-refractivity contribution in [1.29, 1.82) is 0 Å². The first-order valence-corrected chi connectivity index (χ1v) is 5.74. The predicted molar refractivity (Wildman–Crippen MR) is 65.8 cm³/mol. The number of hydrogen-bond donors (Lipinski definition) is 2. The lowest BCUT2D eigenvalue weighted by Gasteiger charge is -2.25. The Morgan fingerprint density at radius 1 is 1.44 bits per heavy atom. The Morgan fingerprint density at radius 2 is 2.11 bits per heavy atom. The molecular formula is C13H18FNO3. The van der Waals surface area contributed by atoms with Crippen molar-refractivity contribution >= 4 is 5.91 Å². The van der Waals surface area contributed by atoms with Crippen molar-refractivity contribution < 1.29 is 19.0 Å². The first-order chi connectivity index (χ1) is 8.44. The third-order valence-corrected chi connectivity index (χ3v) is 2.41. The van der Waals surface area contributed by atoms with Crippen molar-refractivity contribution in [2.24, 2.45) is 0 Å². The zero-order valence-corrected chi connectivity index (χ0v) is 10.6. The molecule has 0 aromatic heterocycles. The van der Waals surface area contributed by atoms with Crippen LogP contribution in [-0.2, 0) is 4.79 Å². The Bertz CT molecular complexity index is 407. The van der Waals surface area contributed by atoms with Crippen LogP contribution in [0.25, 0.3) is 0 Å². The Balaban J connectivity index is 2.45. The first kappa shape index (κ1) is 14.4. The summed E-state index contributed by atoms with van der Waals surface area (Å²) in [6.45, 7) is 3.33. The molecule has 0 saturated carbocycles. The summed E-state index contributed by atoms with van der Waals surface area (Å²) in [5.41, 5.74) is -0.509. The number of nitrogens with one attached hydrogen (secondary N) is 1. The molecule has 1 rings (SSSR count). The third-order valence-electron chi connectivity index (χ3n) is 2.41. The fourth-order valence-corrected chi connectivity index (χ4v) is 1.46. The van der Waals surface area contributed by atoms with Crippen molar-refractivity contribution in [2.75, 3.05) is 13.2 Å². The lowest BCUT2D eigenvalue weighted by atomic mass is 10.0. The number of carbonyl (C=O) groups excluding carboxylic acids is 1. The SMILES string of the molecule is CC(C)(CCO)NC(=O)COc1ccccc1F. The van der Waals surface area contributed by atoms with E-state index in [1.807, 2.05) is 0 Å². The summed E-state index contributed by atoms with van der Waals surface area (Å²) in [7, 11) is 0. The number of para-hydroxylation sites is 1. The lowest BCUT2D eigenvalue weighted by Crippen LogP contribution is -2.46. The molecule has 0 heterocycles. The van der Waals surface area contributed by atoms with E-state index in [2.05, 4.69) is 5.32 Å². The maximum Gasteiger partial charge on any atom is 0.258 e. The lowest BCUT2D eigenvalue weighted by molar-refractivity contribution is -0.124. The van der Waals surface area contributed by atoms with E-state index < -0.39 is 11.4 Å². The summed E-state index contributed by atoms with van der Waals surface area (Å²) < 4.78 is 18.3. The van der Waals surface area contributed by atoms with Crippen LogP contribution >= 0.6 is 0 Å². The number of ether oxygens (including phenoxy) is 1. The zero-order valence-electron chi connectivity index (χ0n) is 10.6. The highest BCUT2D eigenvalue weighted by Crippen LogP contribution is 2.15. The number of rotatable bonds is 6. The molecule has 100 valence electrons. The van der Waals surface area contributed by atoms with Gasteiger partial charge in [-0.15, -0.1) is 0 Å². The summed E-state index contributed by atoms with van der Waals surface area (Å²) in [6.07, 6.45) is 0.443. The molecule has 4 nitrogen and oxygen atoms in total. The summed E-state index contributed by atoms with van der Waals surface area (Å²) in [4.78, 5) is 11.6. The van der Waals surface area contributed by atoms with E-state index in [1.165, 1.54) is 12.1 Å². The van der Waals surface area contributed by atoms with Gasteiger partial charge in [-0.2, -0.15) is 0 Å². The van der Waals surface area contributed by atoms with Crippen LogP contribution in [0.4, 0.5) is 4.39 Å². The van der Waals surface area contributed by atoms with Crippen LogP contribution in [0.2, 0.25) is 0 Å². The standard InChI is InChI=1S/C13H18FNO3/c1-13(2,7-8-16)15-12(17)9-18-11-6-4-3-5-10(11)14/h3-6,16H,7-9H2,1-2H3,(H,15,17). The smallest absolute Gasteiger partial charge is 0.258 e. The van der Waals surface area contributed by atoms with Crippen LogP contribution in [0.5, 0.6) is 5.75 Å². The van der Waals surface area contributed by atoms with Gasteiger partial charge in [0.05, 0.1) is 0 Å². The first-order valence-electron chi connectivity index (χ1n) is 5.74. The molecule has 1 aromatic rings. The number of hydrogen-bond acceptors (Lipinski definition) is 3. The van der Waals surface area contributed by atoms with Gasteiger partial charge in [0.2, 0.25) is 0 Å². The van der Waals surface area contributed by atoms with Crippen molar-refractivity contribution in [3.63, 3.8) is 0 Å². The highest BCUT2D eigenvalue weighted by Gasteiger charge is 2.19. The van der Waals surface area contributed by atoms with Crippen LogP contribution in [-0.4, -0.2) is 29.8 Å². The Kier molecular flexibility index (Phi) is 5.09. The maximum absolute atomic E-state index is 13.2. The molecule has 5 heteroatoms. The average Bonchev–Trinajstić information content (AvgIpc) is 2.27. The highest BCUT2D eigenvalue weighted by atomic mass is 19.1. The van der Waals surface area contributed by atoms with Gasteiger partial charge in [0.1, 0.15) is 0 Å². The number of aliphatic hydroxyl groups excluding tert-OH is 1. The molecule has 0 radical (unpaired) electrons. The molecular weight excluding hydrogens is 237 g/mol. The Morgan fingerprint density at radius 3 is 2.72 bits per heavy atom. The van der Waals surface area contributed by atoms with Gasteiger partial charge in [0, 0.05) is 12.1 Å². The van der Waals surface area contributed by atoms with Crippen LogP contribution in [0.1, 0.15) is 20.3 Å². The fourth-order valence-electron chi connectivity index (χ4n) is 1.46. The molecule has 1 amide bonds. The van der Waals surface area contributed by atoms with E-state index >= 15 is 0 Å². The van der Waals surface area contributed by atoms with Gasteiger partial charge < -0.3 is 15.2 Å². The second kappa shape index (κ2) is 6.35. The normalized spacial score (nSPS) is 11.1. The van der Waals surface area contributed by atoms with E-state index in [1.54, 1.807) is 26.0 Å². The van der Waals surface area contributed by atoms with Crippen molar-refractivity contribution in [3.8, 4) is 5.75 Å². The molecule has 0 aliphatic carbocycles. The molecule has 18 heavy (non-hydrogen) atoms. The molecule has 0 unspecified atom stereocenters. The number of amides is 1. The molecule has 0 bridgehead atoms. The van der Waals surface area contributed by atoms with E-state index in [0.29, 0.717) is 6.42 Å². The Labute approximate surface area is 106 Å². The van der Waals surface area contributed by atoms with Gasteiger partial charge in [-0.1, -0.05) is 12.1 Å². The predicted octanol–water partition coefficient (Wildman–Crippen LogP) is 1.48. The fraction of sp³-hybridized carbons (Fsp3) is 0.462. The van der Waals surface area contributed by atoms with Crippen molar-refractivity contribution in [3.05, 3.63) is 30.1 Å². The zero-order chi connectivity index (χ0) is 13.6. The topological polar surface area (TPSA) is 58.6 Å². The summed E-state index contributed by atoms with van der Waals surface area (Å²) in [5.74, 6) is -0.802. The molecule has 0 fully saturated rings. The van der Waals surface area contributed by atoms with Gasteiger partial charge >= 0.3 is 0 Å². The minimum atomic E-state index is -0.509. The van der Waals surface area contributed by atoms with Gasteiger partial charge in [-0.3, -0.25) is 4.79 Å². The Hall–Kier alpha value is -1.62. The second-order valence-corrected chi connectivity index (χ2v) is 4.62. The average molecular weight is 255 g/mol. The monoisotopic (exact) mass is 255 g/mol. The maximum atomic E-state index is 13.2. The van der Waals surface area contributed by atoms with E-state index in [0.717, 1.165) is 0 Å². The highest BCUT2D eigenvalue weighted by molar-refractivity contribution is 5.78. The number of halogens is 1. The molecule has 1 aromatic carbocycles. The minimum Gasteiger partial charge on any atom is -0.481 e. The molecule has 0 saturated heterocycles. The van der Waals surface area contributed by atoms with E-state index in [-0.39, 0.29) is 24.9 Å². The van der Waals surface area contributed by atoms with Gasteiger partial charge in [0.25, 0.3) is 5.91 Å². The van der Waals surface area contributed by atoms with Gasteiger partial charge in [0.15, 0.2) is 18.2 Å². The number of benzene rings is 1. The molecule has 0 spiro atoms. The van der Waals surface area contributed by atoms with Gasteiger partial charge in [-0.05, 0) is 32.4 Å². The van der Waals surface area contributed by atoms with E-state index in [9.17, 15) is 9.18 Å². The molecule has 0 aliphatic rings.